The first-order valence-electron chi connectivity index (χ1n) is 10.5. The van der Waals surface area contributed by atoms with Crippen LogP contribution in [0.2, 0.25) is 0 Å². The standard InChI is InChI=1S/C26H27NO2/c1-28-19-29-21-12-9-17-27(18-21)26(20-10-3-2-4-11-20)24-15-7-5-13-22(24)23-14-6-8-16-25(23)26/h2-8,10-11,13-16,21H,9,12,17-19H2,1H3. The molecular formula is C26H27NO2. The van der Waals surface area contributed by atoms with E-state index in [1.54, 1.807) is 7.11 Å². The van der Waals surface area contributed by atoms with Crippen LogP contribution in [0.3, 0.4) is 0 Å². The molecule has 1 saturated heterocycles. The molecule has 1 aliphatic carbocycles. The lowest BCUT2D eigenvalue weighted by atomic mass is 9.78. The fraction of sp³-hybridized carbons (Fsp3) is 0.308. The van der Waals surface area contributed by atoms with Crippen LogP contribution in [-0.4, -0.2) is 38.0 Å². The summed E-state index contributed by atoms with van der Waals surface area (Å²) in [7, 11) is 1.69. The molecule has 0 amide bonds. The Morgan fingerprint density at radius 3 is 2.14 bits per heavy atom. The van der Waals surface area contributed by atoms with Crippen LogP contribution >= 0.6 is 0 Å². The zero-order chi connectivity index (χ0) is 19.7. The van der Waals surface area contributed by atoms with E-state index in [4.69, 9.17) is 9.47 Å². The number of piperidine rings is 1. The van der Waals surface area contributed by atoms with E-state index in [-0.39, 0.29) is 11.6 Å². The smallest absolute Gasteiger partial charge is 0.146 e. The number of nitrogens with zero attached hydrogens (tertiary/aromatic N) is 1. The molecule has 1 aliphatic heterocycles. The Hall–Kier alpha value is -2.46. The van der Waals surface area contributed by atoms with Crippen molar-refractivity contribution in [2.75, 3.05) is 27.0 Å². The third-order valence-electron chi connectivity index (χ3n) is 6.39. The van der Waals surface area contributed by atoms with Crippen LogP contribution in [0.1, 0.15) is 29.5 Å². The summed E-state index contributed by atoms with van der Waals surface area (Å²) in [4.78, 5) is 2.64. The highest BCUT2D eigenvalue weighted by Crippen LogP contribution is 2.54. The predicted octanol–water partition coefficient (Wildman–Crippen LogP) is 5.04. The van der Waals surface area contributed by atoms with E-state index in [1.165, 1.54) is 27.8 Å². The van der Waals surface area contributed by atoms with Gasteiger partial charge in [0.05, 0.1) is 11.6 Å². The first-order chi connectivity index (χ1) is 14.4. The number of ether oxygens (including phenoxy) is 2. The van der Waals surface area contributed by atoms with E-state index >= 15 is 0 Å². The van der Waals surface area contributed by atoms with Gasteiger partial charge in [0.2, 0.25) is 0 Å². The second kappa shape index (κ2) is 7.75. The molecular weight excluding hydrogens is 358 g/mol. The van der Waals surface area contributed by atoms with Crippen molar-refractivity contribution < 1.29 is 9.47 Å². The van der Waals surface area contributed by atoms with Gasteiger partial charge in [-0.15, -0.1) is 0 Å². The maximum Gasteiger partial charge on any atom is 0.146 e. The van der Waals surface area contributed by atoms with Crippen molar-refractivity contribution in [1.82, 2.24) is 4.90 Å². The lowest BCUT2D eigenvalue weighted by Crippen LogP contribution is -2.53. The topological polar surface area (TPSA) is 21.7 Å². The zero-order valence-electron chi connectivity index (χ0n) is 16.9. The highest BCUT2D eigenvalue weighted by molar-refractivity contribution is 5.83. The van der Waals surface area contributed by atoms with Gasteiger partial charge in [-0.25, -0.2) is 0 Å². The van der Waals surface area contributed by atoms with Crippen molar-refractivity contribution in [3.05, 3.63) is 95.6 Å². The molecule has 3 aromatic rings. The number of fused-ring (bicyclic) bond motifs is 3. The first kappa shape index (κ1) is 18.6. The summed E-state index contributed by atoms with van der Waals surface area (Å²) >= 11 is 0. The maximum absolute atomic E-state index is 6.01. The first-order valence-corrected chi connectivity index (χ1v) is 10.5. The molecule has 1 unspecified atom stereocenters. The molecule has 0 spiro atoms. The van der Waals surface area contributed by atoms with Crippen LogP contribution in [-0.2, 0) is 15.0 Å². The minimum Gasteiger partial charge on any atom is -0.359 e. The summed E-state index contributed by atoms with van der Waals surface area (Å²) in [6.45, 7) is 2.29. The molecule has 1 atom stereocenters. The molecule has 0 bridgehead atoms. The molecule has 1 heterocycles. The highest BCUT2D eigenvalue weighted by Gasteiger charge is 2.49. The molecule has 3 nitrogen and oxygen atoms in total. The van der Waals surface area contributed by atoms with Gasteiger partial charge >= 0.3 is 0 Å². The van der Waals surface area contributed by atoms with Gasteiger partial charge in [-0.05, 0) is 47.2 Å². The van der Waals surface area contributed by atoms with Crippen molar-refractivity contribution in [1.29, 1.82) is 0 Å². The normalized spacial score (nSPS) is 20.2. The molecule has 0 N–H and O–H groups in total. The Balaban J connectivity index is 1.71. The average Bonchev–Trinajstić information content (AvgIpc) is 3.10. The third-order valence-corrected chi connectivity index (χ3v) is 6.39. The minimum absolute atomic E-state index is 0.184. The van der Waals surface area contributed by atoms with E-state index < -0.39 is 0 Å². The van der Waals surface area contributed by atoms with Crippen LogP contribution in [0, 0.1) is 0 Å². The predicted molar refractivity (Wildman–Crippen MR) is 116 cm³/mol. The fourth-order valence-corrected chi connectivity index (χ4v) is 5.27. The fourth-order valence-electron chi connectivity index (χ4n) is 5.27. The van der Waals surface area contributed by atoms with Gasteiger partial charge in [-0.2, -0.15) is 0 Å². The lowest BCUT2D eigenvalue weighted by molar-refractivity contribution is -0.0992. The van der Waals surface area contributed by atoms with Crippen molar-refractivity contribution in [2.24, 2.45) is 0 Å². The summed E-state index contributed by atoms with van der Waals surface area (Å²) in [5.74, 6) is 0. The minimum atomic E-state index is -0.288. The lowest BCUT2D eigenvalue weighted by Gasteiger charge is -2.47. The van der Waals surface area contributed by atoms with E-state index in [1.807, 2.05) is 0 Å². The van der Waals surface area contributed by atoms with Gasteiger partial charge in [-0.3, -0.25) is 4.90 Å². The van der Waals surface area contributed by atoms with Gasteiger partial charge in [0.1, 0.15) is 6.79 Å². The summed E-state index contributed by atoms with van der Waals surface area (Å²) in [5.41, 5.74) is 6.46. The number of likely N-dealkylation sites (tertiary alicyclic amines) is 1. The largest absolute Gasteiger partial charge is 0.359 e. The van der Waals surface area contributed by atoms with Crippen molar-refractivity contribution >= 4 is 0 Å². The second-order valence-electron chi connectivity index (χ2n) is 7.95. The van der Waals surface area contributed by atoms with Gasteiger partial charge in [0.25, 0.3) is 0 Å². The van der Waals surface area contributed by atoms with Gasteiger partial charge < -0.3 is 9.47 Å². The van der Waals surface area contributed by atoms with Crippen LogP contribution in [0.25, 0.3) is 11.1 Å². The molecule has 3 heteroatoms. The van der Waals surface area contributed by atoms with E-state index in [0.717, 1.165) is 25.9 Å². The SMILES string of the molecule is COCOC1CCCN(C2(c3ccccc3)c3ccccc3-c3ccccc32)C1. The molecule has 2 aliphatic rings. The third kappa shape index (κ3) is 2.93. The number of benzene rings is 3. The molecule has 0 aromatic heterocycles. The van der Waals surface area contributed by atoms with Crippen molar-refractivity contribution in [2.45, 2.75) is 24.5 Å². The Labute approximate surface area is 172 Å². The Kier molecular flexibility index (Phi) is 4.96. The van der Waals surface area contributed by atoms with Gasteiger partial charge in [-0.1, -0.05) is 78.9 Å². The number of hydrogen-bond acceptors (Lipinski definition) is 3. The highest BCUT2D eigenvalue weighted by atomic mass is 16.7. The van der Waals surface area contributed by atoms with E-state index in [0.29, 0.717) is 6.79 Å². The second-order valence-corrected chi connectivity index (χ2v) is 7.95. The Morgan fingerprint density at radius 2 is 1.48 bits per heavy atom. The summed E-state index contributed by atoms with van der Waals surface area (Å²) in [6.07, 6.45) is 2.38. The molecule has 1 fully saturated rings. The Morgan fingerprint density at radius 1 is 0.862 bits per heavy atom. The molecule has 0 radical (unpaired) electrons. The van der Waals surface area contributed by atoms with E-state index in [2.05, 4.69) is 83.8 Å². The van der Waals surface area contributed by atoms with Crippen molar-refractivity contribution in [3.8, 4) is 11.1 Å². The van der Waals surface area contributed by atoms with Crippen molar-refractivity contribution in [3.63, 3.8) is 0 Å². The molecule has 5 rings (SSSR count). The quantitative estimate of drug-likeness (QED) is 0.574. The Bertz CT molecular complexity index is 939. The maximum atomic E-state index is 6.01. The van der Waals surface area contributed by atoms with Gasteiger partial charge in [0, 0.05) is 13.7 Å². The van der Waals surface area contributed by atoms with E-state index in [9.17, 15) is 0 Å². The van der Waals surface area contributed by atoms with Crippen LogP contribution in [0.15, 0.2) is 78.9 Å². The van der Waals surface area contributed by atoms with Gasteiger partial charge in [0.15, 0.2) is 0 Å². The van der Waals surface area contributed by atoms with Crippen LogP contribution in [0.5, 0.6) is 0 Å². The van der Waals surface area contributed by atoms with Crippen LogP contribution < -0.4 is 0 Å². The monoisotopic (exact) mass is 385 g/mol. The molecule has 29 heavy (non-hydrogen) atoms. The summed E-state index contributed by atoms with van der Waals surface area (Å²) in [6, 6.07) is 28.8. The zero-order valence-corrected chi connectivity index (χ0v) is 16.9. The number of methoxy groups -OCH3 is 1. The summed E-state index contributed by atoms with van der Waals surface area (Å²) in [5, 5.41) is 0. The molecule has 148 valence electrons. The number of hydrogen-bond donors (Lipinski definition) is 0. The summed E-state index contributed by atoms with van der Waals surface area (Å²) < 4.78 is 11.2. The average molecular weight is 386 g/mol. The molecule has 3 aromatic carbocycles. The van der Waals surface area contributed by atoms with Crippen LogP contribution in [0.4, 0.5) is 0 Å². The number of rotatable bonds is 5. The molecule has 0 saturated carbocycles.